The minimum atomic E-state index is -1.22. The van der Waals surface area contributed by atoms with Crippen LogP contribution in [0.15, 0.2) is 91.0 Å². The first-order valence-corrected chi connectivity index (χ1v) is 12.3. The Hall–Kier alpha value is -1.87. The molecular formula is C21H22FGe. The molecule has 3 rings (SSSR count). The van der Waals surface area contributed by atoms with Gasteiger partial charge in [0.05, 0.1) is 0 Å². The third-order valence-electron chi connectivity index (χ3n) is 3.89. The van der Waals surface area contributed by atoms with Crippen molar-refractivity contribution in [1.29, 1.82) is 0 Å². The van der Waals surface area contributed by atoms with Gasteiger partial charge in [-0.2, -0.15) is 0 Å². The van der Waals surface area contributed by atoms with Crippen LogP contribution in [0, 0.1) is 0 Å². The molecule has 2 heteroatoms. The molecule has 0 bridgehead atoms. The second kappa shape index (κ2) is 9.31. The Morgan fingerprint density at radius 3 is 0.957 bits per heavy atom. The summed E-state index contributed by atoms with van der Waals surface area (Å²) in [5, 5.41) is 3.89. The number of rotatable bonds is 6. The van der Waals surface area contributed by atoms with Gasteiger partial charge in [-0.3, -0.25) is 4.70 Å². The summed E-state index contributed by atoms with van der Waals surface area (Å²) < 4.78 is 0. The van der Waals surface area contributed by atoms with E-state index in [0.29, 0.717) is 0 Å². The normalized spacial score (nSPS) is 10.3. The fraction of sp³-hybridized carbons (Fsp3) is 0.143. The summed E-state index contributed by atoms with van der Waals surface area (Å²) in [6.07, 6.45) is 0. The van der Waals surface area contributed by atoms with Crippen LogP contribution in [0.2, 0.25) is 0 Å². The molecule has 0 unspecified atom stereocenters. The Labute approximate surface area is 142 Å². The van der Waals surface area contributed by atoms with Gasteiger partial charge in [0, 0.05) is 0 Å². The van der Waals surface area contributed by atoms with Crippen molar-refractivity contribution in [2.45, 2.75) is 15.8 Å². The SMILES string of the molecule is F.c1ccc([CH2][Ge]([CH2]c2ccccc2)[CH2]c2ccccc2)cc1. The average Bonchev–Trinajstić information content (AvgIpc) is 2.57. The van der Waals surface area contributed by atoms with Crippen LogP contribution in [-0.2, 0) is 15.8 Å². The molecule has 0 N–H and O–H groups in total. The summed E-state index contributed by atoms with van der Waals surface area (Å²) in [7, 11) is 0. The van der Waals surface area contributed by atoms with Crippen molar-refractivity contribution in [2.24, 2.45) is 0 Å². The molecule has 0 aliphatic heterocycles. The van der Waals surface area contributed by atoms with Gasteiger partial charge in [-0.1, -0.05) is 0 Å². The fourth-order valence-electron chi connectivity index (χ4n) is 2.84. The van der Waals surface area contributed by atoms with Gasteiger partial charge >= 0.3 is 138 Å². The van der Waals surface area contributed by atoms with E-state index >= 15 is 0 Å². The van der Waals surface area contributed by atoms with E-state index < -0.39 is 14.3 Å². The van der Waals surface area contributed by atoms with Crippen LogP contribution in [0.25, 0.3) is 0 Å². The summed E-state index contributed by atoms with van der Waals surface area (Å²) in [5.41, 5.74) is 4.51. The summed E-state index contributed by atoms with van der Waals surface area (Å²) in [6, 6.07) is 33.0. The van der Waals surface area contributed by atoms with Crippen LogP contribution in [-0.4, -0.2) is 14.3 Å². The Morgan fingerprint density at radius 1 is 0.435 bits per heavy atom. The molecule has 0 spiro atoms. The standard InChI is InChI=1S/C21H21Ge.FH/c1-4-10-19(11-5-1)16-22(17-20-12-6-2-7-13-20)18-21-14-8-3-9-15-21;/h1-15H,16-18H2;1H. The van der Waals surface area contributed by atoms with Crippen LogP contribution in [0.4, 0.5) is 4.70 Å². The Balaban J connectivity index is 0.00000192. The van der Waals surface area contributed by atoms with Crippen LogP contribution in [0.3, 0.4) is 0 Å². The summed E-state index contributed by atoms with van der Waals surface area (Å²) in [6.45, 7) is 0. The predicted octanol–water partition coefficient (Wildman–Crippen LogP) is 4.98. The van der Waals surface area contributed by atoms with E-state index in [1.807, 2.05) is 0 Å². The first kappa shape index (κ1) is 17.5. The number of hydrogen-bond donors (Lipinski definition) is 0. The van der Waals surface area contributed by atoms with Gasteiger partial charge in [0.25, 0.3) is 0 Å². The molecule has 0 fully saturated rings. The zero-order valence-electron chi connectivity index (χ0n) is 13.2. The van der Waals surface area contributed by atoms with Gasteiger partial charge in [0.15, 0.2) is 0 Å². The molecule has 0 aliphatic carbocycles. The van der Waals surface area contributed by atoms with E-state index in [0.717, 1.165) is 0 Å². The summed E-state index contributed by atoms with van der Waals surface area (Å²) >= 11 is -1.22. The third kappa shape index (κ3) is 5.68. The maximum atomic E-state index is 2.28. The summed E-state index contributed by atoms with van der Waals surface area (Å²) in [4.78, 5) is 0. The fourth-order valence-corrected chi connectivity index (χ4v) is 8.75. The van der Waals surface area contributed by atoms with Gasteiger partial charge in [-0.25, -0.2) is 0 Å². The van der Waals surface area contributed by atoms with Crippen LogP contribution in [0.1, 0.15) is 16.7 Å². The molecule has 0 aromatic heterocycles. The van der Waals surface area contributed by atoms with E-state index in [2.05, 4.69) is 91.0 Å². The Morgan fingerprint density at radius 2 is 0.696 bits per heavy atom. The maximum absolute atomic E-state index is 2.28. The van der Waals surface area contributed by atoms with E-state index in [-0.39, 0.29) is 4.70 Å². The third-order valence-corrected chi connectivity index (χ3v) is 9.61. The second-order valence-electron chi connectivity index (χ2n) is 5.74. The van der Waals surface area contributed by atoms with Crippen molar-refractivity contribution in [3.8, 4) is 0 Å². The Kier molecular flexibility index (Phi) is 7.08. The molecule has 0 saturated heterocycles. The zero-order chi connectivity index (χ0) is 15.0. The van der Waals surface area contributed by atoms with Crippen molar-refractivity contribution in [2.75, 3.05) is 0 Å². The first-order valence-electron chi connectivity index (χ1n) is 7.85. The molecule has 1 radical (unpaired) electrons. The van der Waals surface area contributed by atoms with Crippen molar-refractivity contribution in [3.05, 3.63) is 108 Å². The molecule has 3 aromatic carbocycles. The molecule has 0 atom stereocenters. The van der Waals surface area contributed by atoms with Crippen LogP contribution >= 0.6 is 0 Å². The van der Waals surface area contributed by atoms with Gasteiger partial charge in [-0.05, 0) is 0 Å². The Bertz CT molecular complexity index is 569. The van der Waals surface area contributed by atoms with Crippen molar-refractivity contribution in [3.63, 3.8) is 0 Å². The number of halogens is 1. The molecular weight excluding hydrogens is 344 g/mol. The van der Waals surface area contributed by atoms with Gasteiger partial charge in [0.1, 0.15) is 0 Å². The molecule has 0 saturated carbocycles. The summed E-state index contributed by atoms with van der Waals surface area (Å²) in [5.74, 6) is 0. The van der Waals surface area contributed by atoms with Crippen molar-refractivity contribution >= 4 is 14.3 Å². The van der Waals surface area contributed by atoms with Crippen molar-refractivity contribution in [1.82, 2.24) is 0 Å². The zero-order valence-corrected chi connectivity index (χ0v) is 15.3. The molecule has 0 amide bonds. The van der Waals surface area contributed by atoms with Gasteiger partial charge < -0.3 is 0 Å². The van der Waals surface area contributed by atoms with E-state index in [4.69, 9.17) is 0 Å². The first-order chi connectivity index (χ1) is 10.9. The van der Waals surface area contributed by atoms with Crippen LogP contribution in [0.5, 0.6) is 0 Å². The molecule has 0 heterocycles. The molecule has 23 heavy (non-hydrogen) atoms. The van der Waals surface area contributed by atoms with Crippen LogP contribution < -0.4 is 0 Å². The monoisotopic (exact) mass is 367 g/mol. The van der Waals surface area contributed by atoms with E-state index in [1.54, 1.807) is 0 Å². The predicted molar refractivity (Wildman–Crippen MR) is 98.7 cm³/mol. The molecule has 117 valence electrons. The van der Waals surface area contributed by atoms with Gasteiger partial charge in [0.2, 0.25) is 0 Å². The number of benzene rings is 3. The van der Waals surface area contributed by atoms with E-state index in [9.17, 15) is 0 Å². The second-order valence-corrected chi connectivity index (χ2v) is 11.1. The minimum absolute atomic E-state index is 0. The van der Waals surface area contributed by atoms with E-state index in [1.165, 1.54) is 32.5 Å². The number of hydrogen-bond acceptors (Lipinski definition) is 0. The molecule has 0 nitrogen and oxygen atoms in total. The quantitative estimate of drug-likeness (QED) is 0.540. The topological polar surface area (TPSA) is 0 Å². The molecule has 3 aromatic rings. The van der Waals surface area contributed by atoms with Gasteiger partial charge in [-0.15, -0.1) is 0 Å². The molecule has 0 aliphatic rings. The average molecular weight is 366 g/mol. The van der Waals surface area contributed by atoms with Crippen molar-refractivity contribution < 1.29 is 4.70 Å².